The van der Waals surface area contributed by atoms with Crippen molar-refractivity contribution in [2.24, 2.45) is 0 Å². The molecule has 0 radical (unpaired) electrons. The van der Waals surface area contributed by atoms with Gasteiger partial charge in [0.2, 0.25) is 19.1 Å². The van der Waals surface area contributed by atoms with Crippen molar-refractivity contribution in [2.45, 2.75) is 21.3 Å². The predicted molar refractivity (Wildman–Crippen MR) is 122 cm³/mol. The maximum absolute atomic E-state index is 11.9. The Bertz CT molecular complexity index is 748. The molecule has 0 bridgehead atoms. The van der Waals surface area contributed by atoms with Crippen molar-refractivity contribution in [3.8, 4) is 0 Å². The highest BCUT2D eigenvalue weighted by Crippen LogP contribution is 2.45. The maximum Gasteiger partial charge on any atom is 0.295 e. The van der Waals surface area contributed by atoms with Gasteiger partial charge in [0, 0.05) is 45.8 Å². The summed E-state index contributed by atoms with van der Waals surface area (Å²) >= 11 is 4.64. The van der Waals surface area contributed by atoms with Crippen LogP contribution in [-0.2, 0) is 27.7 Å². The van der Waals surface area contributed by atoms with E-state index in [2.05, 4.69) is 11.6 Å². The molecule has 0 aliphatic rings. The Hall–Kier alpha value is -1.39. The molecule has 0 saturated heterocycles. The molecule has 2 aromatic carbocycles. The van der Waals surface area contributed by atoms with Gasteiger partial charge in [-0.25, -0.2) is 0 Å². The maximum atomic E-state index is 11.9. The minimum atomic E-state index is -3.26. The number of hydrogen-bond acceptors (Lipinski definition) is 6. The van der Waals surface area contributed by atoms with Crippen molar-refractivity contribution in [2.75, 3.05) is 21.3 Å². The van der Waals surface area contributed by atoms with Gasteiger partial charge in [0.05, 0.1) is 0 Å². The summed E-state index contributed by atoms with van der Waals surface area (Å²) in [7, 11) is 0.482. The number of benzene rings is 2. The average molecular weight is 463 g/mol. The first kappa shape index (κ1) is 29.8. The second-order valence-electron chi connectivity index (χ2n) is 5.02. The zero-order valence-corrected chi connectivity index (χ0v) is 19.0. The fraction of sp³-hybridized carbons (Fsp3) is 0.300. The molecule has 0 aliphatic heterocycles. The Balaban J connectivity index is 0. The van der Waals surface area contributed by atoms with Gasteiger partial charge in [0.25, 0.3) is 7.37 Å². The van der Waals surface area contributed by atoms with E-state index in [0.29, 0.717) is 5.30 Å². The van der Waals surface area contributed by atoms with Crippen LogP contribution >= 0.6 is 27.3 Å². The van der Waals surface area contributed by atoms with Crippen LogP contribution in [0.15, 0.2) is 60.7 Å². The Morgan fingerprint density at radius 3 is 1.55 bits per heavy atom. The van der Waals surface area contributed by atoms with Gasteiger partial charge in [0.1, 0.15) is 0 Å². The van der Waals surface area contributed by atoms with Gasteiger partial charge in [-0.3, -0.25) is 14.2 Å². The zero-order valence-electron chi connectivity index (χ0n) is 16.5. The second kappa shape index (κ2) is 16.4. The highest BCUT2D eigenvalue weighted by atomic mass is 35.5. The van der Waals surface area contributed by atoms with Crippen LogP contribution in [0.3, 0.4) is 0 Å². The normalized spacial score (nSPS) is 11.6. The molecule has 0 saturated carbocycles. The molecule has 6 nitrogen and oxygen atoms in total. The summed E-state index contributed by atoms with van der Waals surface area (Å²) in [5.74, 6) is 0. The van der Waals surface area contributed by atoms with E-state index < -0.39 is 21.3 Å². The third-order valence-corrected chi connectivity index (χ3v) is 6.77. The Morgan fingerprint density at radius 2 is 1.24 bits per heavy atom. The largest absolute Gasteiger partial charge is 0.334 e. The first-order valence-corrected chi connectivity index (χ1v) is 11.2. The van der Waals surface area contributed by atoms with Gasteiger partial charge in [-0.15, -0.1) is 0 Å². The van der Waals surface area contributed by atoms with E-state index in [0.717, 1.165) is 5.30 Å². The summed E-state index contributed by atoms with van der Waals surface area (Å²) in [5.41, 5.74) is -0.429. The van der Waals surface area contributed by atoms with E-state index in [1.807, 2.05) is 30.3 Å². The van der Waals surface area contributed by atoms with E-state index in [-0.39, 0.29) is 12.7 Å². The fourth-order valence-corrected chi connectivity index (χ4v) is 4.26. The van der Waals surface area contributed by atoms with Crippen LogP contribution in [0.25, 0.3) is 0 Å². The molecule has 29 heavy (non-hydrogen) atoms. The van der Waals surface area contributed by atoms with Crippen LogP contribution in [0.5, 0.6) is 0 Å². The van der Waals surface area contributed by atoms with E-state index in [1.165, 1.54) is 21.0 Å². The highest BCUT2D eigenvalue weighted by Gasteiger charge is 2.29. The summed E-state index contributed by atoms with van der Waals surface area (Å²) in [6, 6.07) is 18.4. The molecule has 0 fully saturated rings. The highest BCUT2D eigenvalue weighted by molar-refractivity contribution is 7.82. The van der Waals surface area contributed by atoms with Gasteiger partial charge in [-0.05, 0) is 35.9 Å². The number of rotatable bonds is 6. The lowest BCUT2D eigenvalue weighted by atomic mass is 10.4. The molecule has 0 aromatic heterocycles. The number of hydrogen-bond donors (Lipinski definition) is 0. The van der Waals surface area contributed by atoms with Crippen LogP contribution in [0.1, 0.15) is 21.3 Å². The summed E-state index contributed by atoms with van der Waals surface area (Å²) < 4.78 is 27.0. The van der Waals surface area contributed by atoms with E-state index >= 15 is 0 Å². The molecule has 0 amide bonds. The molecule has 2 rings (SSSR count). The van der Waals surface area contributed by atoms with Gasteiger partial charge in [-0.1, -0.05) is 43.8 Å². The lowest BCUT2D eigenvalue weighted by Crippen LogP contribution is -2.11. The Kier molecular flexibility index (Phi) is 16.9. The lowest BCUT2D eigenvalue weighted by Gasteiger charge is -2.11. The van der Waals surface area contributed by atoms with E-state index in [4.69, 9.17) is 13.6 Å². The standard InChI is InChI=1S/C9H11O3P.C8H11O2P.C2H3ClO.CH4/c1-8(10)13(11,12-2)9-6-4-3-5-7-9;1-9-11(10-2)8-6-4-3-5-7-8;1-2(3)4;/h3-7H,1-2H3;3-7H,1-2H3;1H3;1H4. The second-order valence-corrected chi connectivity index (χ2v) is 9.92. The van der Waals surface area contributed by atoms with Gasteiger partial charge >= 0.3 is 0 Å². The number of halogens is 1. The Morgan fingerprint density at radius 1 is 0.862 bits per heavy atom. The summed E-state index contributed by atoms with van der Waals surface area (Å²) in [6.45, 7) is 2.57. The summed E-state index contributed by atoms with van der Waals surface area (Å²) in [6.07, 6.45) is 0. The molecule has 0 heterocycles. The van der Waals surface area contributed by atoms with E-state index in [1.54, 1.807) is 44.6 Å². The third-order valence-electron chi connectivity index (χ3n) is 3.07. The molecule has 0 aliphatic carbocycles. The van der Waals surface area contributed by atoms with Crippen LogP contribution in [0.4, 0.5) is 0 Å². The van der Waals surface area contributed by atoms with Crippen molar-refractivity contribution in [1.29, 1.82) is 0 Å². The minimum absolute atomic E-state index is 0. The molecular formula is C20H29ClO6P2. The van der Waals surface area contributed by atoms with Crippen molar-refractivity contribution in [3.05, 3.63) is 60.7 Å². The number of carbonyl (C=O) groups is 2. The smallest absolute Gasteiger partial charge is 0.295 e. The molecule has 162 valence electrons. The van der Waals surface area contributed by atoms with Crippen molar-refractivity contribution in [1.82, 2.24) is 0 Å². The van der Waals surface area contributed by atoms with E-state index in [9.17, 15) is 14.2 Å². The molecule has 0 N–H and O–H groups in total. The molecule has 1 unspecified atom stereocenters. The minimum Gasteiger partial charge on any atom is -0.334 e. The predicted octanol–water partition coefficient (Wildman–Crippen LogP) is 5.11. The number of carbonyl (C=O) groups excluding carboxylic acids is 2. The fourth-order valence-electron chi connectivity index (χ4n) is 1.88. The molecular weight excluding hydrogens is 434 g/mol. The van der Waals surface area contributed by atoms with Gasteiger partial charge in [0.15, 0.2) is 0 Å². The first-order valence-electron chi connectivity index (χ1n) is 8.04. The first-order chi connectivity index (χ1) is 13.2. The third kappa shape index (κ3) is 11.4. The average Bonchev–Trinajstić information content (AvgIpc) is 2.70. The molecule has 9 heteroatoms. The topological polar surface area (TPSA) is 78.9 Å². The molecule has 0 spiro atoms. The Labute approximate surface area is 179 Å². The van der Waals surface area contributed by atoms with Crippen LogP contribution < -0.4 is 10.6 Å². The zero-order chi connectivity index (χ0) is 21.6. The SMILES string of the molecule is C.CC(=O)Cl.COP(=O)(C(C)=O)c1ccccc1.COP(OC)c1ccccc1. The van der Waals surface area contributed by atoms with Crippen molar-refractivity contribution >= 4 is 48.7 Å². The molecule has 1 atom stereocenters. The van der Waals surface area contributed by atoms with Gasteiger partial charge in [-0.2, -0.15) is 0 Å². The summed E-state index contributed by atoms with van der Waals surface area (Å²) in [4.78, 5) is 20.3. The van der Waals surface area contributed by atoms with Gasteiger partial charge < -0.3 is 13.6 Å². The summed E-state index contributed by atoms with van der Waals surface area (Å²) in [5, 5.41) is 1.19. The monoisotopic (exact) mass is 462 g/mol. The lowest BCUT2D eigenvalue weighted by molar-refractivity contribution is -0.111. The van der Waals surface area contributed by atoms with Crippen LogP contribution in [-0.4, -0.2) is 32.1 Å². The van der Waals surface area contributed by atoms with Crippen molar-refractivity contribution in [3.63, 3.8) is 0 Å². The van der Waals surface area contributed by atoms with Crippen LogP contribution in [0, 0.1) is 0 Å². The molecule has 2 aromatic rings. The van der Waals surface area contributed by atoms with Crippen molar-refractivity contribution < 1.29 is 27.7 Å². The quantitative estimate of drug-likeness (QED) is 0.438. The van der Waals surface area contributed by atoms with Crippen LogP contribution in [0.2, 0.25) is 0 Å².